The third-order valence-electron chi connectivity index (χ3n) is 2.97. The lowest BCUT2D eigenvalue weighted by Gasteiger charge is -2.34. The van der Waals surface area contributed by atoms with E-state index in [2.05, 4.69) is 4.90 Å². The molecule has 1 aliphatic rings. The van der Waals surface area contributed by atoms with E-state index in [4.69, 9.17) is 14.2 Å². The van der Waals surface area contributed by atoms with Crippen LogP contribution in [-0.2, 0) is 23.8 Å². The average molecular weight is 273 g/mol. The molecule has 1 unspecified atom stereocenters. The molecule has 1 heterocycles. The first kappa shape index (κ1) is 15.9. The number of carbonyl (C=O) groups is 2. The molecule has 1 fully saturated rings. The second-order valence-corrected chi connectivity index (χ2v) is 4.33. The maximum Gasteiger partial charge on any atom is 0.307 e. The third-order valence-corrected chi connectivity index (χ3v) is 2.97. The summed E-state index contributed by atoms with van der Waals surface area (Å²) in [7, 11) is 0. The molecule has 0 aromatic carbocycles. The van der Waals surface area contributed by atoms with Gasteiger partial charge in [-0.05, 0) is 13.8 Å². The van der Waals surface area contributed by atoms with Gasteiger partial charge >= 0.3 is 11.9 Å². The van der Waals surface area contributed by atoms with Gasteiger partial charge in [0.25, 0.3) is 0 Å². The largest absolute Gasteiger partial charge is 0.466 e. The highest BCUT2D eigenvalue weighted by Crippen LogP contribution is 2.12. The molecule has 1 saturated heterocycles. The standard InChI is InChI=1S/C13H23NO5/c1-3-18-12(15)5-6-14-7-8-17-10-11(14)9-13(16)19-4-2/h11H,3-10H2,1-2H3. The van der Waals surface area contributed by atoms with Gasteiger partial charge in [0.1, 0.15) is 0 Å². The van der Waals surface area contributed by atoms with Crippen LogP contribution in [-0.4, -0.2) is 62.4 Å². The molecule has 0 aromatic heterocycles. The van der Waals surface area contributed by atoms with Crippen molar-refractivity contribution in [2.45, 2.75) is 32.7 Å². The van der Waals surface area contributed by atoms with Crippen molar-refractivity contribution in [3.63, 3.8) is 0 Å². The Morgan fingerprint density at radius 2 is 1.89 bits per heavy atom. The van der Waals surface area contributed by atoms with Crippen molar-refractivity contribution in [2.75, 3.05) is 39.5 Å². The second-order valence-electron chi connectivity index (χ2n) is 4.33. The van der Waals surface area contributed by atoms with Gasteiger partial charge in [-0.1, -0.05) is 0 Å². The molecule has 0 amide bonds. The molecular formula is C13H23NO5. The highest BCUT2D eigenvalue weighted by atomic mass is 16.5. The van der Waals surface area contributed by atoms with Crippen molar-refractivity contribution < 1.29 is 23.8 Å². The van der Waals surface area contributed by atoms with Crippen LogP contribution in [0.15, 0.2) is 0 Å². The number of carbonyl (C=O) groups excluding carboxylic acids is 2. The molecule has 0 aliphatic carbocycles. The second kappa shape index (κ2) is 8.87. The summed E-state index contributed by atoms with van der Waals surface area (Å²) in [5.41, 5.74) is 0. The fourth-order valence-corrected chi connectivity index (χ4v) is 2.05. The lowest BCUT2D eigenvalue weighted by molar-refractivity contribution is -0.146. The monoisotopic (exact) mass is 273 g/mol. The predicted octanol–water partition coefficient (Wildman–Crippen LogP) is 0.594. The minimum absolute atomic E-state index is 0.0118. The molecule has 6 heteroatoms. The van der Waals surface area contributed by atoms with E-state index in [1.165, 1.54) is 0 Å². The average Bonchev–Trinajstić information content (AvgIpc) is 2.38. The van der Waals surface area contributed by atoms with Gasteiger partial charge in [-0.15, -0.1) is 0 Å². The molecular weight excluding hydrogens is 250 g/mol. The Bertz CT molecular complexity index is 295. The molecule has 0 bridgehead atoms. The Balaban J connectivity index is 2.39. The molecule has 1 atom stereocenters. The molecule has 0 saturated carbocycles. The maximum atomic E-state index is 11.5. The summed E-state index contributed by atoms with van der Waals surface area (Å²) in [6.07, 6.45) is 0.643. The van der Waals surface area contributed by atoms with Crippen LogP contribution in [0, 0.1) is 0 Å². The smallest absolute Gasteiger partial charge is 0.307 e. The number of morpholine rings is 1. The van der Waals surface area contributed by atoms with Gasteiger partial charge in [0.05, 0.1) is 39.3 Å². The summed E-state index contributed by atoms with van der Waals surface area (Å²) in [5, 5.41) is 0. The van der Waals surface area contributed by atoms with E-state index in [-0.39, 0.29) is 18.0 Å². The first-order chi connectivity index (χ1) is 9.17. The van der Waals surface area contributed by atoms with Crippen molar-refractivity contribution in [3.05, 3.63) is 0 Å². The molecule has 0 spiro atoms. The van der Waals surface area contributed by atoms with Crippen LogP contribution in [0.4, 0.5) is 0 Å². The zero-order valence-corrected chi connectivity index (χ0v) is 11.7. The Kier molecular flexibility index (Phi) is 7.43. The van der Waals surface area contributed by atoms with E-state index in [0.29, 0.717) is 45.8 Å². The minimum Gasteiger partial charge on any atom is -0.466 e. The van der Waals surface area contributed by atoms with E-state index in [1.54, 1.807) is 13.8 Å². The van der Waals surface area contributed by atoms with Crippen LogP contribution in [0.1, 0.15) is 26.7 Å². The Hall–Kier alpha value is -1.14. The molecule has 0 aromatic rings. The van der Waals surface area contributed by atoms with Gasteiger partial charge in [0.2, 0.25) is 0 Å². The highest BCUT2D eigenvalue weighted by molar-refractivity contribution is 5.70. The fraction of sp³-hybridized carbons (Fsp3) is 0.846. The summed E-state index contributed by atoms with van der Waals surface area (Å²) >= 11 is 0. The van der Waals surface area contributed by atoms with Crippen LogP contribution >= 0.6 is 0 Å². The SMILES string of the molecule is CCOC(=O)CCN1CCOCC1CC(=O)OCC. The zero-order valence-electron chi connectivity index (χ0n) is 11.7. The van der Waals surface area contributed by atoms with E-state index in [9.17, 15) is 9.59 Å². The summed E-state index contributed by atoms with van der Waals surface area (Å²) < 4.78 is 15.2. The molecule has 0 radical (unpaired) electrons. The summed E-state index contributed by atoms with van der Waals surface area (Å²) in [6, 6.07) is -0.0118. The van der Waals surface area contributed by atoms with E-state index >= 15 is 0 Å². The van der Waals surface area contributed by atoms with Crippen LogP contribution in [0.3, 0.4) is 0 Å². The van der Waals surface area contributed by atoms with Crippen molar-refractivity contribution in [1.82, 2.24) is 4.90 Å². The summed E-state index contributed by atoms with van der Waals surface area (Å²) in [6.45, 7) is 6.80. The Labute approximate surface area is 114 Å². The fourth-order valence-electron chi connectivity index (χ4n) is 2.05. The molecule has 1 rings (SSSR count). The highest BCUT2D eigenvalue weighted by Gasteiger charge is 2.26. The van der Waals surface area contributed by atoms with Gasteiger partial charge in [0.15, 0.2) is 0 Å². The normalized spacial score (nSPS) is 20.0. The van der Waals surface area contributed by atoms with Crippen molar-refractivity contribution in [3.8, 4) is 0 Å². The Morgan fingerprint density at radius 1 is 1.21 bits per heavy atom. The van der Waals surface area contributed by atoms with Crippen LogP contribution in [0.25, 0.3) is 0 Å². The van der Waals surface area contributed by atoms with Crippen molar-refractivity contribution in [2.24, 2.45) is 0 Å². The van der Waals surface area contributed by atoms with E-state index < -0.39 is 0 Å². The van der Waals surface area contributed by atoms with Gasteiger partial charge < -0.3 is 14.2 Å². The van der Waals surface area contributed by atoms with Gasteiger partial charge in [-0.3, -0.25) is 14.5 Å². The van der Waals surface area contributed by atoms with Crippen molar-refractivity contribution >= 4 is 11.9 Å². The molecule has 0 N–H and O–H groups in total. The summed E-state index contributed by atoms with van der Waals surface area (Å²) in [5.74, 6) is -0.428. The zero-order chi connectivity index (χ0) is 14.1. The Morgan fingerprint density at radius 3 is 2.58 bits per heavy atom. The quantitative estimate of drug-likeness (QED) is 0.633. The first-order valence-corrected chi connectivity index (χ1v) is 6.80. The van der Waals surface area contributed by atoms with Crippen LogP contribution in [0.2, 0.25) is 0 Å². The van der Waals surface area contributed by atoms with Gasteiger partial charge in [0, 0.05) is 19.1 Å². The predicted molar refractivity (Wildman–Crippen MR) is 68.7 cm³/mol. The lowest BCUT2D eigenvalue weighted by Crippen LogP contribution is -2.47. The van der Waals surface area contributed by atoms with E-state index in [1.807, 2.05) is 0 Å². The first-order valence-electron chi connectivity index (χ1n) is 6.80. The van der Waals surface area contributed by atoms with Crippen LogP contribution in [0.5, 0.6) is 0 Å². The van der Waals surface area contributed by atoms with Gasteiger partial charge in [-0.2, -0.15) is 0 Å². The number of esters is 2. The number of hydrogen-bond donors (Lipinski definition) is 0. The number of nitrogens with zero attached hydrogens (tertiary/aromatic N) is 1. The van der Waals surface area contributed by atoms with Gasteiger partial charge in [-0.25, -0.2) is 0 Å². The van der Waals surface area contributed by atoms with Crippen molar-refractivity contribution in [1.29, 1.82) is 0 Å². The topological polar surface area (TPSA) is 65.1 Å². The number of hydrogen-bond acceptors (Lipinski definition) is 6. The minimum atomic E-state index is -0.223. The van der Waals surface area contributed by atoms with E-state index in [0.717, 1.165) is 6.54 Å². The summed E-state index contributed by atoms with van der Waals surface area (Å²) in [4.78, 5) is 24.9. The maximum absolute atomic E-state index is 11.5. The van der Waals surface area contributed by atoms with Crippen LogP contribution < -0.4 is 0 Å². The third kappa shape index (κ3) is 6.02. The lowest BCUT2D eigenvalue weighted by atomic mass is 10.1. The number of ether oxygens (including phenoxy) is 3. The molecule has 1 aliphatic heterocycles. The number of rotatable bonds is 7. The molecule has 6 nitrogen and oxygen atoms in total. The molecule has 19 heavy (non-hydrogen) atoms. The molecule has 110 valence electrons.